The highest BCUT2D eigenvalue weighted by Crippen LogP contribution is 2.21. The SMILES string of the molecule is COc1ccccc1Cn1c(SC)nc2ccccc2c1=O. The number of rotatable bonds is 4. The molecule has 5 heteroatoms. The maximum absolute atomic E-state index is 12.8. The normalized spacial score (nSPS) is 10.8. The van der Waals surface area contributed by atoms with Crippen molar-refractivity contribution in [3.05, 3.63) is 64.4 Å². The minimum atomic E-state index is -0.0270. The number of aromatic nitrogens is 2. The molecule has 1 heterocycles. The number of fused-ring (bicyclic) bond motifs is 1. The molecule has 0 spiro atoms. The van der Waals surface area contributed by atoms with Crippen molar-refractivity contribution in [2.45, 2.75) is 11.7 Å². The highest BCUT2D eigenvalue weighted by molar-refractivity contribution is 7.98. The summed E-state index contributed by atoms with van der Waals surface area (Å²) in [5.74, 6) is 0.773. The summed E-state index contributed by atoms with van der Waals surface area (Å²) in [7, 11) is 1.63. The van der Waals surface area contributed by atoms with Gasteiger partial charge in [0.25, 0.3) is 5.56 Å². The van der Waals surface area contributed by atoms with Crippen LogP contribution >= 0.6 is 11.8 Å². The Morgan fingerprint density at radius 2 is 1.86 bits per heavy atom. The molecule has 4 nitrogen and oxygen atoms in total. The van der Waals surface area contributed by atoms with E-state index < -0.39 is 0 Å². The van der Waals surface area contributed by atoms with Gasteiger partial charge in [0.15, 0.2) is 5.16 Å². The van der Waals surface area contributed by atoms with Crippen molar-refractivity contribution < 1.29 is 4.74 Å². The first kappa shape index (κ1) is 14.7. The van der Waals surface area contributed by atoms with E-state index in [4.69, 9.17) is 4.74 Å². The van der Waals surface area contributed by atoms with Crippen molar-refractivity contribution in [1.29, 1.82) is 0 Å². The van der Waals surface area contributed by atoms with Gasteiger partial charge in [-0.1, -0.05) is 42.1 Å². The van der Waals surface area contributed by atoms with Gasteiger partial charge in [-0.3, -0.25) is 9.36 Å². The molecule has 0 fully saturated rings. The summed E-state index contributed by atoms with van der Waals surface area (Å²) < 4.78 is 7.08. The largest absolute Gasteiger partial charge is 0.496 e. The first-order chi connectivity index (χ1) is 10.7. The molecule has 112 valence electrons. The molecular formula is C17H16N2O2S. The summed E-state index contributed by atoms with van der Waals surface area (Å²) in [6.45, 7) is 0.441. The first-order valence-corrected chi connectivity index (χ1v) is 8.12. The van der Waals surface area contributed by atoms with Gasteiger partial charge in [-0.2, -0.15) is 0 Å². The third-order valence-corrected chi connectivity index (χ3v) is 4.21. The minimum absolute atomic E-state index is 0.0270. The molecule has 1 aromatic heterocycles. The van der Waals surface area contributed by atoms with Crippen LogP contribution in [0.3, 0.4) is 0 Å². The van der Waals surface area contributed by atoms with Crippen LogP contribution in [0.5, 0.6) is 5.75 Å². The Labute approximate surface area is 132 Å². The number of benzene rings is 2. The molecule has 22 heavy (non-hydrogen) atoms. The predicted molar refractivity (Wildman–Crippen MR) is 89.9 cm³/mol. The van der Waals surface area contributed by atoms with E-state index in [2.05, 4.69) is 4.98 Å². The molecule has 0 radical (unpaired) electrons. The maximum Gasteiger partial charge on any atom is 0.262 e. The molecule has 3 rings (SSSR count). The summed E-state index contributed by atoms with van der Waals surface area (Å²) in [5.41, 5.74) is 1.66. The van der Waals surface area contributed by atoms with Gasteiger partial charge in [-0.05, 0) is 24.5 Å². The van der Waals surface area contributed by atoms with Gasteiger partial charge in [0, 0.05) is 5.56 Å². The van der Waals surface area contributed by atoms with Crippen LogP contribution in [0.4, 0.5) is 0 Å². The van der Waals surface area contributed by atoms with Crippen LogP contribution in [0.1, 0.15) is 5.56 Å². The summed E-state index contributed by atoms with van der Waals surface area (Å²) in [6.07, 6.45) is 1.93. The lowest BCUT2D eigenvalue weighted by Gasteiger charge is -2.14. The summed E-state index contributed by atoms with van der Waals surface area (Å²) in [5, 5.41) is 1.34. The second-order valence-corrected chi connectivity index (χ2v) is 5.59. The van der Waals surface area contributed by atoms with Crippen LogP contribution in [-0.2, 0) is 6.54 Å². The van der Waals surface area contributed by atoms with Gasteiger partial charge in [0.1, 0.15) is 5.75 Å². The smallest absolute Gasteiger partial charge is 0.262 e. The number of nitrogens with zero attached hydrogens (tertiary/aromatic N) is 2. The fraction of sp³-hybridized carbons (Fsp3) is 0.176. The summed E-state index contributed by atoms with van der Waals surface area (Å²) in [4.78, 5) is 17.4. The fourth-order valence-electron chi connectivity index (χ4n) is 2.45. The standard InChI is InChI=1S/C17H16N2O2S/c1-21-15-10-6-3-7-12(15)11-19-16(20)13-8-4-5-9-14(13)18-17(19)22-2/h3-10H,11H2,1-2H3. The lowest BCUT2D eigenvalue weighted by Crippen LogP contribution is -2.24. The molecular weight excluding hydrogens is 296 g/mol. The van der Waals surface area contributed by atoms with Crippen LogP contribution in [0.25, 0.3) is 10.9 Å². The van der Waals surface area contributed by atoms with Crippen LogP contribution in [0.15, 0.2) is 58.5 Å². The second kappa shape index (κ2) is 6.23. The number of para-hydroxylation sites is 2. The monoisotopic (exact) mass is 312 g/mol. The zero-order valence-electron chi connectivity index (χ0n) is 12.4. The Morgan fingerprint density at radius 1 is 1.14 bits per heavy atom. The van der Waals surface area contributed by atoms with Crippen LogP contribution in [0, 0.1) is 0 Å². The molecule has 0 N–H and O–H groups in total. The van der Waals surface area contributed by atoms with E-state index in [0.717, 1.165) is 16.8 Å². The van der Waals surface area contributed by atoms with Crippen molar-refractivity contribution >= 4 is 22.7 Å². The highest BCUT2D eigenvalue weighted by Gasteiger charge is 2.12. The Balaban J connectivity index is 2.17. The molecule has 3 aromatic rings. The van der Waals surface area contributed by atoms with Gasteiger partial charge in [-0.15, -0.1) is 0 Å². The number of thioether (sulfide) groups is 1. The summed E-state index contributed by atoms with van der Waals surface area (Å²) in [6, 6.07) is 15.1. The fourth-order valence-corrected chi connectivity index (χ4v) is 3.00. The van der Waals surface area contributed by atoms with Gasteiger partial charge in [-0.25, -0.2) is 4.98 Å². The van der Waals surface area contributed by atoms with Crippen LogP contribution in [-0.4, -0.2) is 22.9 Å². The molecule has 0 aliphatic carbocycles. The van der Waals surface area contributed by atoms with E-state index in [1.807, 2.05) is 54.8 Å². The zero-order chi connectivity index (χ0) is 15.5. The van der Waals surface area contributed by atoms with Crippen LogP contribution < -0.4 is 10.3 Å². The summed E-state index contributed by atoms with van der Waals surface area (Å²) >= 11 is 1.47. The van der Waals surface area contributed by atoms with Crippen molar-refractivity contribution in [3.63, 3.8) is 0 Å². The number of ether oxygens (including phenoxy) is 1. The van der Waals surface area contributed by atoms with E-state index in [1.54, 1.807) is 11.7 Å². The lowest BCUT2D eigenvalue weighted by atomic mass is 10.2. The van der Waals surface area contributed by atoms with E-state index in [0.29, 0.717) is 17.1 Å². The van der Waals surface area contributed by atoms with Gasteiger partial charge >= 0.3 is 0 Å². The number of hydrogen-bond donors (Lipinski definition) is 0. The maximum atomic E-state index is 12.8. The van der Waals surface area contributed by atoms with E-state index in [1.165, 1.54) is 11.8 Å². The molecule has 0 amide bonds. The van der Waals surface area contributed by atoms with Gasteiger partial charge in [0.05, 0.1) is 24.6 Å². The van der Waals surface area contributed by atoms with Gasteiger partial charge < -0.3 is 4.74 Å². The number of hydrogen-bond acceptors (Lipinski definition) is 4. The van der Waals surface area contributed by atoms with Gasteiger partial charge in [0.2, 0.25) is 0 Å². The Morgan fingerprint density at radius 3 is 2.64 bits per heavy atom. The minimum Gasteiger partial charge on any atom is -0.496 e. The Hall–Kier alpha value is -2.27. The second-order valence-electron chi connectivity index (χ2n) is 4.82. The molecule has 0 aliphatic heterocycles. The molecule has 0 atom stereocenters. The molecule has 2 aromatic carbocycles. The van der Waals surface area contributed by atoms with E-state index in [9.17, 15) is 4.79 Å². The molecule has 0 saturated carbocycles. The average molecular weight is 312 g/mol. The van der Waals surface area contributed by atoms with Crippen molar-refractivity contribution in [3.8, 4) is 5.75 Å². The Bertz CT molecular complexity index is 874. The predicted octanol–water partition coefficient (Wildman–Crippen LogP) is 3.18. The lowest BCUT2D eigenvalue weighted by molar-refractivity contribution is 0.407. The van der Waals surface area contributed by atoms with Crippen molar-refractivity contribution in [2.75, 3.05) is 13.4 Å². The molecule has 0 aliphatic rings. The zero-order valence-corrected chi connectivity index (χ0v) is 13.3. The topological polar surface area (TPSA) is 44.1 Å². The first-order valence-electron chi connectivity index (χ1n) is 6.90. The highest BCUT2D eigenvalue weighted by atomic mass is 32.2. The van der Waals surface area contributed by atoms with Crippen LogP contribution in [0.2, 0.25) is 0 Å². The molecule has 0 saturated heterocycles. The van der Waals surface area contributed by atoms with Crippen molar-refractivity contribution in [1.82, 2.24) is 9.55 Å². The molecule has 0 unspecified atom stereocenters. The molecule has 0 bridgehead atoms. The average Bonchev–Trinajstić information content (AvgIpc) is 2.57. The van der Waals surface area contributed by atoms with Crippen molar-refractivity contribution in [2.24, 2.45) is 0 Å². The van der Waals surface area contributed by atoms with E-state index in [-0.39, 0.29) is 5.56 Å². The quantitative estimate of drug-likeness (QED) is 0.548. The Kier molecular flexibility index (Phi) is 4.15. The third kappa shape index (κ3) is 2.60. The van der Waals surface area contributed by atoms with E-state index >= 15 is 0 Å². The third-order valence-electron chi connectivity index (χ3n) is 3.53. The number of methoxy groups -OCH3 is 1.